The smallest absolute Gasteiger partial charge is 0.269 e. The number of nitro groups is 1. The van der Waals surface area contributed by atoms with Gasteiger partial charge < -0.3 is 10.6 Å². The van der Waals surface area contributed by atoms with Gasteiger partial charge in [-0.2, -0.15) is 0 Å². The first kappa shape index (κ1) is 20.5. The van der Waals surface area contributed by atoms with Gasteiger partial charge in [0.25, 0.3) is 11.6 Å². The Balaban J connectivity index is 1.51. The van der Waals surface area contributed by atoms with Crippen LogP contribution in [-0.2, 0) is 4.79 Å². The van der Waals surface area contributed by atoms with Crippen LogP contribution in [0.15, 0.2) is 58.8 Å². The fourth-order valence-electron chi connectivity index (χ4n) is 2.29. The first-order valence-corrected chi connectivity index (χ1v) is 10.3. The second-order valence-corrected chi connectivity index (χ2v) is 7.82. The molecular formula is C19H16N4O4S2. The summed E-state index contributed by atoms with van der Waals surface area (Å²) in [7, 11) is 0. The van der Waals surface area contributed by atoms with E-state index in [1.54, 1.807) is 24.3 Å². The number of benzene rings is 2. The highest BCUT2D eigenvalue weighted by Gasteiger charge is 2.10. The van der Waals surface area contributed by atoms with Crippen LogP contribution in [0.1, 0.15) is 16.1 Å². The van der Waals surface area contributed by atoms with Crippen molar-refractivity contribution in [2.75, 3.05) is 16.4 Å². The number of nitrogens with one attached hydrogen (secondary N) is 2. The Hall–Kier alpha value is -3.24. The molecule has 8 nitrogen and oxygen atoms in total. The van der Waals surface area contributed by atoms with E-state index in [4.69, 9.17) is 0 Å². The molecular weight excluding hydrogens is 412 g/mol. The van der Waals surface area contributed by atoms with Crippen LogP contribution in [0.3, 0.4) is 0 Å². The van der Waals surface area contributed by atoms with Gasteiger partial charge in [-0.05, 0) is 43.3 Å². The van der Waals surface area contributed by atoms with E-state index in [-0.39, 0.29) is 23.3 Å². The lowest BCUT2D eigenvalue weighted by Crippen LogP contribution is -2.13. The molecule has 0 saturated carbocycles. The molecule has 1 heterocycles. The molecule has 3 rings (SSSR count). The number of anilines is 2. The molecule has 0 aliphatic heterocycles. The van der Waals surface area contributed by atoms with E-state index in [2.05, 4.69) is 15.6 Å². The predicted molar refractivity (Wildman–Crippen MR) is 114 cm³/mol. The summed E-state index contributed by atoms with van der Waals surface area (Å²) in [6.45, 7) is 1.86. The molecule has 0 aliphatic carbocycles. The quantitative estimate of drug-likeness (QED) is 0.329. The van der Waals surface area contributed by atoms with Crippen LogP contribution in [0, 0.1) is 17.0 Å². The van der Waals surface area contributed by atoms with Gasteiger partial charge in [-0.25, -0.2) is 4.98 Å². The summed E-state index contributed by atoms with van der Waals surface area (Å²) in [6, 6.07) is 12.4. The Bertz CT molecular complexity index is 1030. The maximum absolute atomic E-state index is 12.2. The van der Waals surface area contributed by atoms with Crippen LogP contribution in [0.4, 0.5) is 16.5 Å². The van der Waals surface area contributed by atoms with Crippen molar-refractivity contribution in [1.29, 1.82) is 0 Å². The molecule has 0 atom stereocenters. The van der Waals surface area contributed by atoms with Gasteiger partial charge in [0.15, 0.2) is 5.13 Å². The molecule has 0 spiro atoms. The molecule has 10 heteroatoms. The van der Waals surface area contributed by atoms with Gasteiger partial charge in [-0.1, -0.05) is 0 Å². The van der Waals surface area contributed by atoms with Gasteiger partial charge >= 0.3 is 0 Å². The van der Waals surface area contributed by atoms with Crippen molar-refractivity contribution in [3.05, 3.63) is 75.3 Å². The number of hydrogen-bond acceptors (Lipinski definition) is 7. The van der Waals surface area contributed by atoms with E-state index in [1.807, 2.05) is 12.3 Å². The van der Waals surface area contributed by atoms with E-state index in [1.165, 1.54) is 47.4 Å². The van der Waals surface area contributed by atoms with Crippen molar-refractivity contribution < 1.29 is 14.5 Å². The van der Waals surface area contributed by atoms with Crippen molar-refractivity contribution in [3.63, 3.8) is 0 Å². The van der Waals surface area contributed by atoms with E-state index in [9.17, 15) is 19.7 Å². The standard InChI is InChI=1S/C19H16N4O4S2/c1-12-10-29-19(20-12)22-17(24)11-28-16-8-4-14(5-9-16)21-18(25)13-2-6-15(7-3-13)23(26)27/h2-10H,11H2,1H3,(H,21,25)(H,20,22,24). The van der Waals surface area contributed by atoms with E-state index in [0.29, 0.717) is 16.4 Å². The van der Waals surface area contributed by atoms with Crippen molar-refractivity contribution in [1.82, 2.24) is 4.98 Å². The highest BCUT2D eigenvalue weighted by Crippen LogP contribution is 2.22. The minimum atomic E-state index is -0.518. The zero-order valence-corrected chi connectivity index (χ0v) is 16.9. The lowest BCUT2D eigenvalue weighted by Gasteiger charge is -2.07. The van der Waals surface area contributed by atoms with Crippen LogP contribution >= 0.6 is 23.1 Å². The molecule has 148 valence electrons. The maximum Gasteiger partial charge on any atom is 0.269 e. The highest BCUT2D eigenvalue weighted by molar-refractivity contribution is 8.00. The van der Waals surface area contributed by atoms with Gasteiger partial charge in [0.1, 0.15) is 0 Å². The van der Waals surface area contributed by atoms with Crippen molar-refractivity contribution in [2.45, 2.75) is 11.8 Å². The number of aryl methyl sites for hydroxylation is 1. The lowest BCUT2D eigenvalue weighted by atomic mass is 10.2. The molecule has 2 N–H and O–H groups in total. The van der Waals surface area contributed by atoms with Crippen molar-refractivity contribution in [3.8, 4) is 0 Å². The largest absolute Gasteiger partial charge is 0.322 e. The monoisotopic (exact) mass is 428 g/mol. The minimum absolute atomic E-state index is 0.0723. The summed E-state index contributed by atoms with van der Waals surface area (Å²) in [5.41, 5.74) is 1.70. The number of carbonyl (C=O) groups excluding carboxylic acids is 2. The molecule has 2 amide bonds. The second-order valence-electron chi connectivity index (χ2n) is 5.91. The Labute approximate surface area is 174 Å². The molecule has 0 saturated heterocycles. The molecule has 0 bridgehead atoms. The summed E-state index contributed by atoms with van der Waals surface area (Å²) < 4.78 is 0. The SMILES string of the molecule is Cc1csc(NC(=O)CSc2ccc(NC(=O)c3ccc([N+](=O)[O-])cc3)cc2)n1. The van der Waals surface area contributed by atoms with Crippen LogP contribution in [0.5, 0.6) is 0 Å². The molecule has 0 aliphatic rings. The number of thioether (sulfide) groups is 1. The average Bonchev–Trinajstić information content (AvgIpc) is 3.12. The molecule has 2 aromatic carbocycles. The number of carbonyl (C=O) groups is 2. The molecule has 0 radical (unpaired) electrons. The zero-order chi connectivity index (χ0) is 20.8. The normalized spacial score (nSPS) is 10.4. The fourth-order valence-corrected chi connectivity index (χ4v) is 3.69. The number of non-ortho nitro benzene ring substituents is 1. The summed E-state index contributed by atoms with van der Waals surface area (Å²) in [5, 5.41) is 18.6. The van der Waals surface area contributed by atoms with Crippen molar-refractivity contribution >= 4 is 51.4 Å². The third kappa shape index (κ3) is 5.87. The fraction of sp³-hybridized carbons (Fsp3) is 0.105. The number of nitrogens with zero attached hydrogens (tertiary/aromatic N) is 2. The van der Waals surface area contributed by atoms with Crippen LogP contribution in [0.2, 0.25) is 0 Å². The number of hydrogen-bond donors (Lipinski definition) is 2. The van der Waals surface area contributed by atoms with Crippen molar-refractivity contribution in [2.24, 2.45) is 0 Å². The summed E-state index contributed by atoms with van der Waals surface area (Å²) in [6.07, 6.45) is 0. The molecule has 0 fully saturated rings. The number of aromatic nitrogens is 1. The number of amides is 2. The van der Waals surface area contributed by atoms with Crippen LogP contribution in [0.25, 0.3) is 0 Å². The van der Waals surface area contributed by atoms with E-state index < -0.39 is 4.92 Å². The van der Waals surface area contributed by atoms with E-state index >= 15 is 0 Å². The summed E-state index contributed by atoms with van der Waals surface area (Å²) >= 11 is 2.75. The average molecular weight is 428 g/mol. The Morgan fingerprint density at radius 1 is 1.10 bits per heavy atom. The molecule has 0 unspecified atom stereocenters. The van der Waals surface area contributed by atoms with Gasteiger partial charge in [0.05, 0.1) is 16.4 Å². The second kappa shape index (κ2) is 9.30. The summed E-state index contributed by atoms with van der Waals surface area (Å²) in [4.78, 5) is 39.4. The minimum Gasteiger partial charge on any atom is -0.322 e. The number of rotatable bonds is 7. The third-order valence-electron chi connectivity index (χ3n) is 3.69. The van der Waals surface area contributed by atoms with Gasteiger partial charge in [0, 0.05) is 33.7 Å². The van der Waals surface area contributed by atoms with Gasteiger partial charge in [-0.15, -0.1) is 23.1 Å². The lowest BCUT2D eigenvalue weighted by molar-refractivity contribution is -0.384. The Morgan fingerprint density at radius 2 is 1.79 bits per heavy atom. The molecule has 3 aromatic rings. The maximum atomic E-state index is 12.2. The Kier molecular flexibility index (Phi) is 6.57. The first-order valence-electron chi connectivity index (χ1n) is 8.41. The number of thiazole rings is 1. The predicted octanol–water partition coefficient (Wildman–Crippen LogP) is 4.34. The van der Waals surface area contributed by atoms with Gasteiger partial charge in [-0.3, -0.25) is 19.7 Å². The van der Waals surface area contributed by atoms with Crippen LogP contribution < -0.4 is 10.6 Å². The first-order chi connectivity index (χ1) is 13.9. The molecule has 1 aromatic heterocycles. The van der Waals surface area contributed by atoms with E-state index in [0.717, 1.165) is 10.6 Å². The topological polar surface area (TPSA) is 114 Å². The van der Waals surface area contributed by atoms with Crippen LogP contribution in [-0.4, -0.2) is 27.5 Å². The highest BCUT2D eigenvalue weighted by atomic mass is 32.2. The molecule has 29 heavy (non-hydrogen) atoms. The zero-order valence-electron chi connectivity index (χ0n) is 15.2. The Morgan fingerprint density at radius 3 is 2.38 bits per heavy atom. The third-order valence-corrected chi connectivity index (χ3v) is 5.58. The van der Waals surface area contributed by atoms with Gasteiger partial charge in [0.2, 0.25) is 5.91 Å². The number of nitro benzene ring substituents is 1. The summed E-state index contributed by atoms with van der Waals surface area (Å²) in [5.74, 6) is -0.258.